The molecule has 0 aliphatic carbocycles. The summed E-state index contributed by atoms with van der Waals surface area (Å²) >= 11 is 1.50. The number of halogens is 3. The predicted molar refractivity (Wildman–Crippen MR) is 85.2 cm³/mol. The smallest absolute Gasteiger partial charge is 0.322 e. The molecule has 0 heterocycles. The number of alkyl halides is 3. The minimum atomic E-state index is -3.33. The molecule has 0 aliphatic heterocycles. The second kappa shape index (κ2) is 8.25. The Bertz CT molecular complexity index is 497. The first-order chi connectivity index (χ1) is 10.4. The van der Waals surface area contributed by atoms with Crippen molar-refractivity contribution in [1.82, 2.24) is 0 Å². The fraction of sp³-hybridized carbons (Fsp3) is 0.429. The maximum atomic E-state index is 14.3. The van der Waals surface area contributed by atoms with Crippen LogP contribution in [0, 0.1) is 5.92 Å². The molecule has 1 unspecified atom stereocenters. The Kier molecular flexibility index (Phi) is 6.98. The van der Waals surface area contributed by atoms with E-state index in [1.165, 1.54) is 22.6 Å². The summed E-state index contributed by atoms with van der Waals surface area (Å²) in [6, 6.07) is 6.34. The molecule has 0 radical (unpaired) electrons. The molecule has 1 aromatic carbocycles. The predicted octanol–water partition coefficient (Wildman–Crippen LogP) is 2.50. The minimum absolute atomic E-state index is 0.356. The molecule has 122 valence electrons. The van der Waals surface area contributed by atoms with Crippen molar-refractivity contribution in [1.29, 1.82) is 0 Å². The molecule has 0 amide bonds. The Morgan fingerprint density at radius 3 is 2.09 bits per heavy atom. The lowest BCUT2D eigenvalue weighted by Crippen LogP contribution is -2.52. The number of hydrogen-bond acceptors (Lipinski definition) is 5. The highest BCUT2D eigenvalue weighted by Crippen LogP contribution is 2.31. The van der Waals surface area contributed by atoms with Gasteiger partial charge in [-0.3, -0.25) is 9.59 Å². The van der Waals surface area contributed by atoms with Crippen molar-refractivity contribution in [3.8, 4) is 0 Å². The lowest BCUT2D eigenvalue weighted by molar-refractivity contribution is -0.163. The van der Waals surface area contributed by atoms with Crippen LogP contribution in [0.5, 0.6) is 0 Å². The van der Waals surface area contributed by atoms with Gasteiger partial charge in [-0.25, -0.2) is 8.78 Å². The summed E-state index contributed by atoms with van der Waals surface area (Å²) in [5.74, 6) is -7.27. The van der Waals surface area contributed by atoms with E-state index >= 15 is 0 Å². The average Bonchev–Trinajstić information content (AvgIpc) is 2.54. The number of anilines is 1. The number of para-hydroxylation sites is 1. The van der Waals surface area contributed by atoms with Gasteiger partial charge in [0.15, 0.2) is 5.92 Å². The zero-order valence-electron chi connectivity index (χ0n) is 12.0. The first kappa shape index (κ1) is 18.6. The fourth-order valence-corrected chi connectivity index (χ4v) is 2.33. The standard InChI is InChI=1S/C14H16F2INO4/c1-21-12(19)10(13(20)22-2)11(14(15,16)8-17)18-9-6-4-3-5-7-9/h3-7,10-11,18H,8H2,1-2H3. The quantitative estimate of drug-likeness (QED) is 0.314. The van der Waals surface area contributed by atoms with Gasteiger partial charge in [-0.15, -0.1) is 0 Å². The number of rotatable bonds is 7. The van der Waals surface area contributed by atoms with E-state index in [4.69, 9.17) is 0 Å². The van der Waals surface area contributed by atoms with Crippen LogP contribution in [0.3, 0.4) is 0 Å². The molecular formula is C14H16F2INO4. The number of ether oxygens (including phenoxy) is 2. The highest BCUT2D eigenvalue weighted by molar-refractivity contribution is 14.1. The number of hydrogen-bond donors (Lipinski definition) is 1. The number of carbonyl (C=O) groups is 2. The van der Waals surface area contributed by atoms with Gasteiger partial charge in [-0.1, -0.05) is 40.8 Å². The minimum Gasteiger partial charge on any atom is -0.468 e. The summed E-state index contributed by atoms with van der Waals surface area (Å²) in [6.45, 7) is 0. The van der Waals surface area contributed by atoms with E-state index in [2.05, 4.69) is 14.8 Å². The third-order valence-corrected chi connectivity index (χ3v) is 3.99. The summed E-state index contributed by atoms with van der Waals surface area (Å²) in [6.07, 6.45) is 0. The zero-order valence-corrected chi connectivity index (χ0v) is 14.2. The normalized spacial score (nSPS) is 12.6. The number of methoxy groups -OCH3 is 2. The molecule has 0 bridgehead atoms. The van der Waals surface area contributed by atoms with Crippen molar-refractivity contribution in [2.24, 2.45) is 5.92 Å². The second-order valence-corrected chi connectivity index (χ2v) is 5.17. The third-order valence-electron chi connectivity index (χ3n) is 2.97. The van der Waals surface area contributed by atoms with E-state index < -0.39 is 34.2 Å². The van der Waals surface area contributed by atoms with Crippen LogP contribution in [0.4, 0.5) is 14.5 Å². The molecule has 1 N–H and O–H groups in total. The maximum Gasteiger partial charge on any atom is 0.322 e. The molecule has 0 fully saturated rings. The molecule has 8 heteroatoms. The van der Waals surface area contributed by atoms with Crippen LogP contribution in [0.25, 0.3) is 0 Å². The number of carbonyl (C=O) groups excluding carboxylic acids is 2. The largest absolute Gasteiger partial charge is 0.468 e. The topological polar surface area (TPSA) is 64.6 Å². The van der Waals surface area contributed by atoms with Crippen LogP contribution in [-0.4, -0.2) is 42.6 Å². The summed E-state index contributed by atoms with van der Waals surface area (Å²) in [4.78, 5) is 23.6. The van der Waals surface area contributed by atoms with Gasteiger partial charge >= 0.3 is 11.9 Å². The van der Waals surface area contributed by atoms with Gasteiger partial charge in [0.25, 0.3) is 5.92 Å². The Hall–Kier alpha value is -1.45. The van der Waals surface area contributed by atoms with Gasteiger partial charge < -0.3 is 14.8 Å². The second-order valence-electron chi connectivity index (χ2n) is 4.41. The molecule has 1 atom stereocenters. The van der Waals surface area contributed by atoms with E-state index in [0.29, 0.717) is 5.69 Å². The van der Waals surface area contributed by atoms with Crippen molar-refractivity contribution in [2.75, 3.05) is 24.0 Å². The molecule has 0 saturated carbocycles. The lowest BCUT2D eigenvalue weighted by atomic mass is 9.94. The zero-order chi connectivity index (χ0) is 16.8. The van der Waals surface area contributed by atoms with Crippen molar-refractivity contribution >= 4 is 40.2 Å². The van der Waals surface area contributed by atoms with Crippen molar-refractivity contribution in [3.05, 3.63) is 30.3 Å². The van der Waals surface area contributed by atoms with Crippen LogP contribution >= 0.6 is 22.6 Å². The fourth-order valence-electron chi connectivity index (χ4n) is 1.85. The van der Waals surface area contributed by atoms with E-state index in [1.807, 2.05) is 0 Å². The van der Waals surface area contributed by atoms with Gasteiger partial charge in [-0.05, 0) is 12.1 Å². The van der Waals surface area contributed by atoms with Crippen LogP contribution in [0.2, 0.25) is 0 Å². The van der Waals surface area contributed by atoms with Crippen molar-refractivity contribution in [2.45, 2.75) is 12.0 Å². The van der Waals surface area contributed by atoms with E-state index in [0.717, 1.165) is 14.2 Å². The molecule has 22 heavy (non-hydrogen) atoms. The molecule has 0 aromatic heterocycles. The number of benzene rings is 1. The van der Waals surface area contributed by atoms with Crippen molar-refractivity contribution < 1.29 is 27.8 Å². The van der Waals surface area contributed by atoms with Crippen LogP contribution in [0.15, 0.2) is 30.3 Å². The Balaban J connectivity index is 3.22. The average molecular weight is 427 g/mol. The molecular weight excluding hydrogens is 411 g/mol. The Labute approximate surface area is 140 Å². The van der Waals surface area contributed by atoms with E-state index in [-0.39, 0.29) is 0 Å². The third kappa shape index (κ3) is 4.52. The van der Waals surface area contributed by atoms with E-state index in [9.17, 15) is 18.4 Å². The van der Waals surface area contributed by atoms with Gasteiger partial charge in [0.1, 0.15) is 6.04 Å². The number of esters is 2. The summed E-state index contributed by atoms with van der Waals surface area (Å²) < 4.78 is 36.9. The molecule has 1 rings (SSSR count). The highest BCUT2D eigenvalue weighted by atomic mass is 127. The van der Waals surface area contributed by atoms with Gasteiger partial charge in [0.05, 0.1) is 18.6 Å². The first-order valence-electron chi connectivity index (χ1n) is 6.28. The summed E-state index contributed by atoms with van der Waals surface area (Å²) in [5, 5.41) is 2.54. The van der Waals surface area contributed by atoms with Gasteiger partial charge in [-0.2, -0.15) is 0 Å². The molecule has 0 saturated heterocycles. The SMILES string of the molecule is COC(=O)C(C(=O)OC)C(Nc1ccccc1)C(F)(F)CI. The lowest BCUT2D eigenvalue weighted by Gasteiger charge is -2.31. The highest BCUT2D eigenvalue weighted by Gasteiger charge is 2.50. The van der Waals surface area contributed by atoms with Gasteiger partial charge in [0.2, 0.25) is 0 Å². The summed E-state index contributed by atoms with van der Waals surface area (Å²) in [7, 11) is 2.06. The van der Waals surface area contributed by atoms with Crippen molar-refractivity contribution in [3.63, 3.8) is 0 Å². The van der Waals surface area contributed by atoms with E-state index in [1.54, 1.807) is 30.3 Å². The van der Waals surface area contributed by atoms with Gasteiger partial charge in [0, 0.05) is 5.69 Å². The molecule has 1 aromatic rings. The van der Waals surface area contributed by atoms with Crippen LogP contribution in [-0.2, 0) is 19.1 Å². The first-order valence-corrected chi connectivity index (χ1v) is 7.81. The summed E-state index contributed by atoms with van der Waals surface area (Å²) in [5.41, 5.74) is 0.356. The molecule has 5 nitrogen and oxygen atoms in total. The number of nitrogens with one attached hydrogen (secondary N) is 1. The van der Waals surface area contributed by atoms with Crippen LogP contribution < -0.4 is 5.32 Å². The monoisotopic (exact) mass is 427 g/mol. The Morgan fingerprint density at radius 2 is 1.68 bits per heavy atom. The maximum absolute atomic E-state index is 14.3. The molecule has 0 aliphatic rings. The molecule has 0 spiro atoms. The van der Waals surface area contributed by atoms with Crippen LogP contribution in [0.1, 0.15) is 0 Å². The Morgan fingerprint density at radius 1 is 1.18 bits per heavy atom.